The Labute approximate surface area is 82.5 Å². The van der Waals surface area contributed by atoms with Crippen LogP contribution in [0.3, 0.4) is 0 Å². The van der Waals surface area contributed by atoms with Crippen molar-refractivity contribution in [2.75, 3.05) is 0 Å². The molecule has 15 heavy (non-hydrogen) atoms. The van der Waals surface area contributed by atoms with Gasteiger partial charge < -0.3 is 0 Å². The summed E-state index contributed by atoms with van der Waals surface area (Å²) in [7, 11) is 0. The van der Waals surface area contributed by atoms with Gasteiger partial charge in [-0.3, -0.25) is 0 Å². The maximum absolute atomic E-state index is 12.5. The number of hydrogen-bond donors (Lipinski definition) is 0. The zero-order valence-electron chi connectivity index (χ0n) is 6.48. The van der Waals surface area contributed by atoms with E-state index in [9.17, 15) is 35.1 Å². The molecule has 0 amide bonds. The van der Waals surface area contributed by atoms with Crippen LogP contribution in [0.5, 0.6) is 0 Å². The first kappa shape index (κ1) is 12.5. The molecule has 0 nitrogen and oxygen atoms in total. The summed E-state index contributed by atoms with van der Waals surface area (Å²) in [5, 5.41) is -2.30. The van der Waals surface area contributed by atoms with Gasteiger partial charge in [-0.05, 0) is 0 Å². The predicted molar refractivity (Wildman–Crippen MR) is 33.7 cm³/mol. The van der Waals surface area contributed by atoms with Gasteiger partial charge in [-0.1, -0.05) is 11.6 Å². The van der Waals surface area contributed by atoms with Gasteiger partial charge in [0.15, 0.2) is 0 Å². The van der Waals surface area contributed by atoms with Crippen LogP contribution in [0.2, 0.25) is 0 Å². The molecule has 88 valence electrons. The summed E-state index contributed by atoms with van der Waals surface area (Å²) in [5.74, 6) is -23.4. The van der Waals surface area contributed by atoms with E-state index in [0.717, 1.165) is 0 Å². The van der Waals surface area contributed by atoms with E-state index in [1.54, 1.807) is 0 Å². The van der Waals surface area contributed by atoms with E-state index in [1.807, 2.05) is 0 Å². The third-order valence-corrected chi connectivity index (χ3v) is 2.16. The fourth-order valence-corrected chi connectivity index (χ4v) is 1.15. The Bertz CT molecular complexity index is 317. The Morgan fingerprint density at radius 1 is 0.800 bits per heavy atom. The van der Waals surface area contributed by atoms with Crippen molar-refractivity contribution >= 4 is 11.6 Å². The van der Waals surface area contributed by atoms with Gasteiger partial charge in [0.05, 0.1) is 5.03 Å². The van der Waals surface area contributed by atoms with Crippen LogP contribution in [0, 0.1) is 0 Å². The van der Waals surface area contributed by atoms with Gasteiger partial charge in [0.25, 0.3) is 0 Å². The first-order valence-corrected chi connectivity index (χ1v) is 3.66. The minimum atomic E-state index is -6.24. The van der Waals surface area contributed by atoms with Crippen molar-refractivity contribution in [2.24, 2.45) is 0 Å². The number of alkyl halides is 8. The highest BCUT2D eigenvalue weighted by Crippen LogP contribution is 2.59. The highest BCUT2D eigenvalue weighted by Gasteiger charge is 2.83. The van der Waals surface area contributed by atoms with Crippen LogP contribution in [0.25, 0.3) is 0 Å². The number of allylic oxidation sites excluding steroid dienone is 2. The quantitative estimate of drug-likeness (QED) is 0.583. The van der Waals surface area contributed by atoms with Crippen LogP contribution in [-0.4, -0.2) is 23.7 Å². The highest BCUT2D eigenvalue weighted by molar-refractivity contribution is 6.30. The summed E-state index contributed by atoms with van der Waals surface area (Å²) < 4.78 is 99.1. The van der Waals surface area contributed by atoms with Crippen molar-refractivity contribution in [3.63, 3.8) is 0 Å². The zero-order chi connectivity index (χ0) is 12.3. The van der Waals surface area contributed by atoms with Crippen LogP contribution >= 0.6 is 11.6 Å². The molecule has 0 N–H and O–H groups in total. The van der Waals surface area contributed by atoms with Crippen molar-refractivity contribution in [1.82, 2.24) is 0 Å². The van der Waals surface area contributed by atoms with Crippen molar-refractivity contribution in [2.45, 2.75) is 23.7 Å². The molecule has 0 bridgehead atoms. The molecule has 0 spiro atoms. The zero-order valence-corrected chi connectivity index (χ0v) is 7.23. The average molecular weight is 261 g/mol. The van der Waals surface area contributed by atoms with E-state index in [1.165, 1.54) is 0 Å². The molecule has 0 aromatic heterocycles. The van der Waals surface area contributed by atoms with Gasteiger partial charge in [-0.2, -0.15) is 35.1 Å². The molecule has 0 saturated heterocycles. The van der Waals surface area contributed by atoms with Crippen molar-refractivity contribution in [3.05, 3.63) is 11.1 Å². The summed E-state index contributed by atoms with van der Waals surface area (Å²) in [6.07, 6.45) is -1.06. The second-order valence-corrected chi connectivity index (χ2v) is 3.25. The minimum absolute atomic E-state index is 1.06. The number of rotatable bonds is 0. The lowest BCUT2D eigenvalue weighted by atomic mass is 9.92. The van der Waals surface area contributed by atoms with Crippen molar-refractivity contribution < 1.29 is 35.1 Å². The number of halogens is 9. The SMILES string of the molecule is FC1(F)C=C(Cl)C(F)(F)C(F)(F)C1(F)F. The maximum atomic E-state index is 12.5. The van der Waals surface area contributed by atoms with E-state index in [0.29, 0.717) is 0 Å². The molecule has 1 aliphatic carbocycles. The monoisotopic (exact) mass is 260 g/mol. The molecule has 1 rings (SSSR count). The predicted octanol–water partition coefficient (Wildman–Crippen LogP) is 3.66. The normalized spacial score (nSPS) is 30.9. The van der Waals surface area contributed by atoms with E-state index < -0.39 is 34.8 Å². The van der Waals surface area contributed by atoms with E-state index in [4.69, 9.17) is 0 Å². The van der Waals surface area contributed by atoms with Gasteiger partial charge in [0.2, 0.25) is 0 Å². The summed E-state index contributed by atoms with van der Waals surface area (Å²) in [6.45, 7) is 0. The topological polar surface area (TPSA) is 0 Å². The Balaban J connectivity index is 3.49. The molecule has 0 fully saturated rings. The first-order valence-electron chi connectivity index (χ1n) is 3.28. The lowest BCUT2D eigenvalue weighted by molar-refractivity contribution is -0.353. The first-order chi connectivity index (χ1) is 6.38. The van der Waals surface area contributed by atoms with Gasteiger partial charge >= 0.3 is 23.7 Å². The standard InChI is InChI=1S/C6HClF8/c7-2-1-3(8,9)5(12,13)6(14,15)4(2,10)11/h1H. The molecule has 0 aliphatic heterocycles. The summed E-state index contributed by atoms with van der Waals surface area (Å²) in [4.78, 5) is 0. The van der Waals surface area contributed by atoms with Gasteiger partial charge in [-0.15, -0.1) is 0 Å². The smallest absolute Gasteiger partial charge is 0.195 e. The lowest BCUT2D eigenvalue weighted by Crippen LogP contribution is -2.64. The third kappa shape index (κ3) is 1.26. The maximum Gasteiger partial charge on any atom is 0.383 e. The molecule has 0 saturated carbocycles. The van der Waals surface area contributed by atoms with Crippen molar-refractivity contribution in [1.29, 1.82) is 0 Å². The highest BCUT2D eigenvalue weighted by atomic mass is 35.5. The Hall–Kier alpha value is -0.530. The van der Waals surface area contributed by atoms with E-state index in [2.05, 4.69) is 11.6 Å². The molecular formula is C6HClF8. The van der Waals surface area contributed by atoms with Crippen LogP contribution in [0.4, 0.5) is 35.1 Å². The molecule has 0 unspecified atom stereocenters. The Morgan fingerprint density at radius 2 is 1.20 bits per heavy atom. The molecule has 0 atom stereocenters. The van der Waals surface area contributed by atoms with Gasteiger partial charge in [-0.25, -0.2) is 0 Å². The average Bonchev–Trinajstić information content (AvgIpc) is 2.00. The largest absolute Gasteiger partial charge is 0.383 e. The van der Waals surface area contributed by atoms with Crippen molar-refractivity contribution in [3.8, 4) is 0 Å². The molecular weight excluding hydrogens is 260 g/mol. The summed E-state index contributed by atoms with van der Waals surface area (Å²) >= 11 is 4.42. The molecule has 0 aromatic carbocycles. The molecule has 0 radical (unpaired) electrons. The fourth-order valence-electron chi connectivity index (χ4n) is 0.897. The van der Waals surface area contributed by atoms with Gasteiger partial charge in [0.1, 0.15) is 0 Å². The van der Waals surface area contributed by atoms with E-state index >= 15 is 0 Å². The van der Waals surface area contributed by atoms with Gasteiger partial charge in [0, 0.05) is 6.08 Å². The summed E-state index contributed by atoms with van der Waals surface area (Å²) in [5.41, 5.74) is 0. The number of hydrogen-bond acceptors (Lipinski definition) is 0. The van der Waals surface area contributed by atoms with Crippen LogP contribution in [0.1, 0.15) is 0 Å². The van der Waals surface area contributed by atoms with Crippen LogP contribution in [0.15, 0.2) is 11.1 Å². The third-order valence-electron chi connectivity index (χ3n) is 1.82. The fraction of sp³-hybridized carbons (Fsp3) is 0.667. The molecule has 0 aromatic rings. The Kier molecular flexibility index (Phi) is 2.32. The lowest BCUT2D eigenvalue weighted by Gasteiger charge is -2.39. The second kappa shape index (κ2) is 2.78. The Morgan fingerprint density at radius 3 is 1.60 bits per heavy atom. The molecule has 0 heterocycles. The molecule has 1 aliphatic rings. The minimum Gasteiger partial charge on any atom is -0.195 e. The second-order valence-electron chi connectivity index (χ2n) is 2.84. The summed E-state index contributed by atoms with van der Waals surface area (Å²) in [6, 6.07) is 0. The molecule has 9 heteroatoms. The van der Waals surface area contributed by atoms with Crippen LogP contribution < -0.4 is 0 Å². The van der Waals surface area contributed by atoms with Crippen LogP contribution in [-0.2, 0) is 0 Å². The van der Waals surface area contributed by atoms with E-state index in [-0.39, 0.29) is 0 Å².